The lowest BCUT2D eigenvalue weighted by molar-refractivity contribution is -0.404. The van der Waals surface area contributed by atoms with Crippen LogP contribution in [0.25, 0.3) is 0 Å². The second-order valence-corrected chi connectivity index (χ2v) is 23.0. The summed E-state index contributed by atoms with van der Waals surface area (Å²) < 4.78 is 103. The maximum Gasteiger partial charge on any atom is 0.189 e. The van der Waals surface area contributed by atoms with Crippen molar-refractivity contribution in [3.8, 4) is 0 Å². The summed E-state index contributed by atoms with van der Waals surface area (Å²) >= 11 is 0. The number of hydrogen-bond acceptors (Lipinski definition) is 37. The minimum atomic E-state index is -2.23. The van der Waals surface area contributed by atoms with Gasteiger partial charge in [0.15, 0.2) is 50.3 Å². The molecule has 0 saturated carbocycles. The number of ether oxygens (including phenoxy) is 18. The lowest BCUT2D eigenvalue weighted by atomic mass is 9.95. The number of methoxy groups -OCH3 is 3. The topological polar surface area (TPSA) is 551 Å². The second-order valence-electron chi connectivity index (χ2n) is 23.0. The monoisotopic (exact) mass is 1290 g/mol. The van der Waals surface area contributed by atoms with E-state index in [1.807, 2.05) is 0 Å². The van der Waals surface area contributed by atoms with Gasteiger partial charge in [0.25, 0.3) is 0 Å². The predicted octanol–water partition coefficient (Wildman–Crippen LogP) is -12.4. The maximum absolute atomic E-state index is 11.9. The Labute approximate surface area is 502 Å². The van der Waals surface area contributed by atoms with Gasteiger partial charge in [0.2, 0.25) is 0 Å². The Hall–Kier alpha value is -1.48. The molecule has 0 aliphatic carbocycles. The van der Waals surface area contributed by atoms with E-state index in [1.54, 1.807) is 6.92 Å². The highest BCUT2D eigenvalue weighted by Crippen LogP contribution is 2.39. The van der Waals surface area contributed by atoms with E-state index in [0.717, 1.165) is 0 Å². The van der Waals surface area contributed by atoms with Crippen molar-refractivity contribution in [1.82, 2.24) is 0 Å². The fourth-order valence-corrected chi connectivity index (χ4v) is 11.9. The first kappa shape index (κ1) is 72.4. The fourth-order valence-electron chi connectivity index (χ4n) is 11.9. The summed E-state index contributed by atoms with van der Waals surface area (Å²) in [5, 5.41) is 211. The van der Waals surface area contributed by atoms with Gasteiger partial charge in [0.05, 0.1) is 50.8 Å². The van der Waals surface area contributed by atoms with Gasteiger partial charge in [0.1, 0.15) is 171 Å². The van der Waals surface area contributed by atoms with Gasteiger partial charge in [-0.25, -0.2) is 0 Å². The average Bonchev–Trinajstić information content (AvgIpc) is 2.29. The Morgan fingerprint density at radius 3 is 0.932 bits per heavy atom. The van der Waals surface area contributed by atoms with Crippen molar-refractivity contribution in [3.05, 3.63) is 0 Å². The van der Waals surface area contributed by atoms with Crippen molar-refractivity contribution in [2.45, 2.75) is 273 Å². The van der Waals surface area contributed by atoms with Crippen LogP contribution in [0.3, 0.4) is 0 Å². The van der Waals surface area contributed by atoms with E-state index in [9.17, 15) is 97.0 Å². The Balaban J connectivity index is 0.961. The summed E-state index contributed by atoms with van der Waals surface area (Å²) in [6.45, 7) is 2.35. The third-order valence-electron chi connectivity index (χ3n) is 17.1. The number of hydrogen-bond donors (Lipinski definition) is 19. The van der Waals surface area contributed by atoms with E-state index in [-0.39, 0.29) is 0 Å². The van der Waals surface area contributed by atoms with Gasteiger partial charge in [0, 0.05) is 21.3 Å². The molecule has 0 aromatic heterocycles. The summed E-state index contributed by atoms with van der Waals surface area (Å²) in [6.07, 6.45) is -69.8. The number of rotatable bonds is 21. The van der Waals surface area contributed by atoms with Crippen LogP contribution in [-0.4, -0.2) is 390 Å². The molecule has 37 nitrogen and oxygen atoms in total. The van der Waals surface area contributed by atoms with Gasteiger partial charge >= 0.3 is 0 Å². The van der Waals surface area contributed by atoms with Crippen molar-refractivity contribution >= 4 is 0 Å². The molecule has 0 unspecified atom stereocenters. The predicted molar refractivity (Wildman–Crippen MR) is 273 cm³/mol. The third kappa shape index (κ3) is 14.8. The van der Waals surface area contributed by atoms with E-state index in [0.29, 0.717) is 0 Å². The first-order valence-corrected chi connectivity index (χ1v) is 28.7. The van der Waals surface area contributed by atoms with E-state index in [4.69, 9.17) is 85.3 Å². The van der Waals surface area contributed by atoms with E-state index < -0.39 is 272 Å². The molecule has 0 aromatic carbocycles. The van der Waals surface area contributed by atoms with Crippen LogP contribution >= 0.6 is 0 Å². The molecule has 19 N–H and O–H groups in total. The molecule has 0 bridgehead atoms. The minimum Gasteiger partial charge on any atom is -0.394 e. The van der Waals surface area contributed by atoms with Crippen molar-refractivity contribution in [2.75, 3.05) is 47.8 Å². The molecule has 40 atom stereocenters. The van der Waals surface area contributed by atoms with E-state index >= 15 is 0 Å². The molecule has 8 aliphatic rings. The standard InChI is InChI=1S/C51H88O37/c1-12-20(55)37(31(66)46(74-12)84-41-26(61)19(11-71-5)81-50(35(41)70)88-45-29(64)27(62)23(58)16(8-52)78-45)82-48-34(69)40(25(60)18(10-54)79-48)85-49-33(68)39(24(59)17(9-53)80-49)83-47-32(67)38(21(56)13(2)75-47)86-51-43(42(73-7)22(57)14(3)76-51)87-44-30(65)28(63)36(72-6)15(4)77-44/h12-70H,8-11H2,1-7H3/t12-,13-,14-,15-,16+,17+,18+,19+,20-,21-,22-,23+,24+,25+,26+,27-,28-,29+,30+,31+,32+,33+,34+,35+,36-,37+,38+,39-,40-,41-,42+,43+,44-,45+,46-,47-,48-,49-,50+,51-/m0/s1. The maximum atomic E-state index is 11.9. The Morgan fingerprint density at radius 2 is 0.523 bits per heavy atom. The molecule has 514 valence electrons. The van der Waals surface area contributed by atoms with Crippen molar-refractivity contribution in [3.63, 3.8) is 0 Å². The molecular formula is C51H88O37. The lowest BCUT2D eigenvalue weighted by Gasteiger charge is -2.50. The largest absolute Gasteiger partial charge is 0.394 e. The summed E-state index contributed by atoms with van der Waals surface area (Å²) in [5.41, 5.74) is 0. The summed E-state index contributed by atoms with van der Waals surface area (Å²) in [5.74, 6) is 0. The summed E-state index contributed by atoms with van der Waals surface area (Å²) in [7, 11) is 3.76. The zero-order valence-corrected chi connectivity index (χ0v) is 48.8. The van der Waals surface area contributed by atoms with Gasteiger partial charge in [-0.1, -0.05) is 0 Å². The molecule has 0 amide bonds. The van der Waals surface area contributed by atoms with Crippen molar-refractivity contribution in [2.24, 2.45) is 0 Å². The zero-order chi connectivity index (χ0) is 64.7. The highest BCUT2D eigenvalue weighted by atomic mass is 16.8. The van der Waals surface area contributed by atoms with Crippen LogP contribution in [0.4, 0.5) is 0 Å². The van der Waals surface area contributed by atoms with E-state index in [1.165, 1.54) is 42.1 Å². The van der Waals surface area contributed by atoms with Crippen LogP contribution in [0.15, 0.2) is 0 Å². The highest BCUT2D eigenvalue weighted by molar-refractivity contribution is 5.01. The number of aliphatic hydroxyl groups excluding tert-OH is 19. The molecular weight excluding hydrogens is 1200 g/mol. The van der Waals surface area contributed by atoms with Crippen molar-refractivity contribution < 1.29 is 182 Å². The smallest absolute Gasteiger partial charge is 0.189 e. The Bertz CT molecular complexity index is 2110. The molecule has 88 heavy (non-hydrogen) atoms. The van der Waals surface area contributed by atoms with Gasteiger partial charge in [-0.3, -0.25) is 0 Å². The molecule has 0 spiro atoms. The normalized spacial score (nSPS) is 54.1. The summed E-state index contributed by atoms with van der Waals surface area (Å²) in [4.78, 5) is 0. The fraction of sp³-hybridized carbons (Fsp3) is 1.00. The minimum absolute atomic E-state index is 0.390. The molecule has 8 aliphatic heterocycles. The SMILES string of the molecule is COC[C@H]1O[C@H](O[C@H]2O[C@H](CO)[C@@H](O)[C@H](O)[C@H]2O)[C@H](O)[C@@H](O[C@@H]2O[C@@H](C)[C@H](O)[C@@H](O[C@@H]3O[C@H](CO)[C@@H](O)[C@H](O[C@@H]4O[C@H](CO)[C@@H](O)[C@H](O[C@@H]5O[C@@H](C)[C@H](O)[C@@H](O[C@@H]6O[C@@H](C)[C@H](O)[C@@H](OC)[C@H]6O[C@@H]6O[C@@H](C)[C@H](OC)[C@@H](O)[C@H]6O)[C@H]5O)[C@H]4O)[C@H]3O)[C@H]2O)[C@@H]1O. The lowest BCUT2D eigenvalue weighted by Crippen LogP contribution is -2.68. The molecule has 8 fully saturated rings. The average molecular weight is 1290 g/mol. The summed E-state index contributed by atoms with van der Waals surface area (Å²) in [6, 6.07) is 0. The first-order valence-electron chi connectivity index (χ1n) is 28.7. The van der Waals surface area contributed by atoms with Crippen LogP contribution in [0.5, 0.6) is 0 Å². The molecule has 8 rings (SSSR count). The zero-order valence-electron chi connectivity index (χ0n) is 48.8. The molecule has 8 heterocycles. The van der Waals surface area contributed by atoms with Gasteiger partial charge in [-0.15, -0.1) is 0 Å². The van der Waals surface area contributed by atoms with E-state index in [2.05, 4.69) is 0 Å². The van der Waals surface area contributed by atoms with Crippen LogP contribution in [0.1, 0.15) is 27.7 Å². The molecule has 8 saturated heterocycles. The third-order valence-corrected chi connectivity index (χ3v) is 17.1. The van der Waals surface area contributed by atoms with Gasteiger partial charge < -0.3 is 182 Å². The Morgan fingerprint density at radius 1 is 0.239 bits per heavy atom. The van der Waals surface area contributed by atoms with Gasteiger partial charge in [-0.05, 0) is 27.7 Å². The molecule has 0 radical (unpaired) electrons. The van der Waals surface area contributed by atoms with Gasteiger partial charge in [-0.2, -0.15) is 0 Å². The highest BCUT2D eigenvalue weighted by Gasteiger charge is 2.59. The molecule has 37 heteroatoms. The first-order chi connectivity index (χ1) is 41.7. The number of aliphatic hydroxyl groups is 19. The quantitative estimate of drug-likeness (QED) is 0.0507. The second kappa shape index (κ2) is 30.9. The van der Waals surface area contributed by atoms with Crippen LogP contribution in [0.2, 0.25) is 0 Å². The Kier molecular flexibility index (Phi) is 25.4. The molecule has 0 aromatic rings. The van der Waals surface area contributed by atoms with Crippen LogP contribution in [0, 0.1) is 0 Å². The van der Waals surface area contributed by atoms with Crippen LogP contribution in [-0.2, 0) is 85.3 Å². The van der Waals surface area contributed by atoms with Crippen molar-refractivity contribution in [1.29, 1.82) is 0 Å². The van der Waals surface area contributed by atoms with Crippen LogP contribution < -0.4 is 0 Å².